The first-order valence-electron chi connectivity index (χ1n) is 13.2. The Labute approximate surface area is 223 Å². The number of nitrogens with one attached hydrogen (secondary N) is 1. The Morgan fingerprint density at radius 1 is 0.895 bits per heavy atom. The molecule has 2 heterocycles. The predicted molar refractivity (Wildman–Crippen MR) is 151 cm³/mol. The minimum atomic E-state index is -0.0613. The Morgan fingerprint density at radius 2 is 1.66 bits per heavy atom. The van der Waals surface area contributed by atoms with Crippen molar-refractivity contribution in [2.24, 2.45) is 0 Å². The first kappa shape index (κ1) is 25.5. The van der Waals surface area contributed by atoms with Crippen LogP contribution in [0.4, 0.5) is 0 Å². The average molecular weight is 507 g/mol. The van der Waals surface area contributed by atoms with Gasteiger partial charge in [0.05, 0.1) is 6.04 Å². The van der Waals surface area contributed by atoms with E-state index in [1.54, 1.807) is 0 Å². The highest BCUT2D eigenvalue weighted by Gasteiger charge is 2.26. The van der Waals surface area contributed by atoms with Gasteiger partial charge in [-0.05, 0) is 71.8 Å². The Kier molecular flexibility index (Phi) is 7.75. The maximum absolute atomic E-state index is 13.1. The van der Waals surface area contributed by atoms with Gasteiger partial charge in [0.25, 0.3) is 5.56 Å². The van der Waals surface area contributed by atoms with Crippen LogP contribution in [0.2, 0.25) is 0 Å². The van der Waals surface area contributed by atoms with Crippen molar-refractivity contribution in [2.75, 3.05) is 0 Å². The van der Waals surface area contributed by atoms with Crippen LogP contribution < -0.4 is 5.56 Å². The van der Waals surface area contributed by atoms with Crippen molar-refractivity contribution in [1.29, 1.82) is 0 Å². The predicted octanol–water partition coefficient (Wildman–Crippen LogP) is 5.53. The molecule has 0 aliphatic carbocycles. The zero-order valence-electron chi connectivity index (χ0n) is 22.3. The molecule has 0 amide bonds. The molecule has 0 saturated carbocycles. The van der Waals surface area contributed by atoms with Gasteiger partial charge in [-0.1, -0.05) is 78.7 Å². The van der Waals surface area contributed by atoms with E-state index in [1.807, 2.05) is 28.9 Å². The molecule has 7 heteroatoms. The van der Waals surface area contributed by atoms with Crippen LogP contribution in [-0.2, 0) is 26.1 Å². The Balaban J connectivity index is 1.48. The molecule has 3 aromatic carbocycles. The van der Waals surface area contributed by atoms with Gasteiger partial charge in [-0.25, -0.2) is 4.68 Å². The fourth-order valence-corrected chi connectivity index (χ4v) is 5.01. The molecule has 38 heavy (non-hydrogen) atoms. The SMILES string of the molecule is CCC(c1nnnn1CCc1ccccc1)N(Cc1ccc(C)cc1)Cc1cc2cc(C)ccc2[nH]c1=O. The summed E-state index contributed by atoms with van der Waals surface area (Å²) in [6.07, 6.45) is 1.65. The Hall–Kier alpha value is -4.10. The van der Waals surface area contributed by atoms with Crippen molar-refractivity contribution in [3.05, 3.63) is 123 Å². The third-order valence-corrected chi connectivity index (χ3v) is 7.10. The molecule has 0 radical (unpaired) electrons. The molecule has 0 saturated heterocycles. The minimum absolute atomic E-state index is 0.0605. The van der Waals surface area contributed by atoms with Crippen LogP contribution in [0, 0.1) is 13.8 Å². The molecule has 0 fully saturated rings. The third kappa shape index (κ3) is 5.89. The number of tetrazole rings is 1. The van der Waals surface area contributed by atoms with Crippen LogP contribution in [0.25, 0.3) is 10.9 Å². The van der Waals surface area contributed by atoms with Crippen molar-refractivity contribution < 1.29 is 0 Å². The van der Waals surface area contributed by atoms with Crippen molar-refractivity contribution in [3.63, 3.8) is 0 Å². The topological polar surface area (TPSA) is 79.7 Å². The number of H-pyrrole nitrogens is 1. The second-order valence-corrected chi connectivity index (χ2v) is 10.0. The molecule has 1 unspecified atom stereocenters. The minimum Gasteiger partial charge on any atom is -0.322 e. The summed E-state index contributed by atoms with van der Waals surface area (Å²) in [6.45, 7) is 8.16. The van der Waals surface area contributed by atoms with Crippen molar-refractivity contribution >= 4 is 10.9 Å². The summed E-state index contributed by atoms with van der Waals surface area (Å²) in [5.74, 6) is 0.823. The lowest BCUT2D eigenvalue weighted by Crippen LogP contribution is -2.32. The molecule has 2 aromatic heterocycles. The maximum Gasteiger partial charge on any atom is 0.252 e. The summed E-state index contributed by atoms with van der Waals surface area (Å²) in [7, 11) is 0. The van der Waals surface area contributed by atoms with Gasteiger partial charge >= 0.3 is 0 Å². The fourth-order valence-electron chi connectivity index (χ4n) is 5.01. The number of aromatic nitrogens is 5. The molecule has 7 nitrogen and oxygen atoms in total. The van der Waals surface area contributed by atoms with Crippen LogP contribution >= 0.6 is 0 Å². The van der Waals surface area contributed by atoms with E-state index in [4.69, 9.17) is 0 Å². The monoisotopic (exact) mass is 506 g/mol. The maximum atomic E-state index is 13.1. The Bertz CT molecular complexity index is 1560. The molecule has 194 valence electrons. The van der Waals surface area contributed by atoms with Gasteiger partial charge in [0.15, 0.2) is 5.82 Å². The zero-order valence-corrected chi connectivity index (χ0v) is 22.3. The highest BCUT2D eigenvalue weighted by molar-refractivity contribution is 5.79. The van der Waals surface area contributed by atoms with E-state index in [9.17, 15) is 4.79 Å². The van der Waals surface area contributed by atoms with Gasteiger partial charge in [-0.2, -0.15) is 0 Å². The lowest BCUT2D eigenvalue weighted by Gasteiger charge is -2.30. The van der Waals surface area contributed by atoms with Gasteiger partial charge < -0.3 is 4.98 Å². The van der Waals surface area contributed by atoms with Crippen molar-refractivity contribution in [1.82, 2.24) is 30.1 Å². The highest BCUT2D eigenvalue weighted by atomic mass is 16.1. The first-order chi connectivity index (χ1) is 18.5. The number of hydrogen-bond donors (Lipinski definition) is 1. The fraction of sp³-hybridized carbons (Fsp3) is 0.290. The van der Waals surface area contributed by atoms with Crippen LogP contribution in [0.1, 0.15) is 53.0 Å². The second-order valence-electron chi connectivity index (χ2n) is 10.0. The average Bonchev–Trinajstić information content (AvgIpc) is 3.38. The van der Waals surface area contributed by atoms with E-state index in [0.717, 1.165) is 40.7 Å². The number of aromatic amines is 1. The quantitative estimate of drug-likeness (QED) is 0.270. The second kappa shape index (κ2) is 11.5. The third-order valence-electron chi connectivity index (χ3n) is 7.10. The molecule has 1 N–H and O–H groups in total. The first-order valence-corrected chi connectivity index (χ1v) is 13.2. The molecule has 0 bridgehead atoms. The number of pyridine rings is 1. The number of nitrogens with zero attached hydrogens (tertiary/aromatic N) is 5. The smallest absolute Gasteiger partial charge is 0.252 e. The molecule has 5 aromatic rings. The van der Waals surface area contributed by atoms with Gasteiger partial charge in [-0.3, -0.25) is 9.69 Å². The largest absolute Gasteiger partial charge is 0.322 e. The van der Waals surface area contributed by atoms with Gasteiger partial charge in [0.2, 0.25) is 0 Å². The summed E-state index contributed by atoms with van der Waals surface area (Å²) in [5, 5.41) is 13.9. The van der Waals surface area contributed by atoms with E-state index >= 15 is 0 Å². The summed E-state index contributed by atoms with van der Waals surface area (Å²) in [5.41, 5.74) is 6.34. The highest BCUT2D eigenvalue weighted by Crippen LogP contribution is 2.27. The molecule has 5 rings (SSSR count). The molecule has 0 aliphatic rings. The van der Waals surface area contributed by atoms with Crippen LogP contribution in [0.3, 0.4) is 0 Å². The Morgan fingerprint density at radius 3 is 2.42 bits per heavy atom. The van der Waals surface area contributed by atoms with Crippen LogP contribution in [0.15, 0.2) is 83.7 Å². The summed E-state index contributed by atoms with van der Waals surface area (Å²) < 4.78 is 1.91. The van der Waals surface area contributed by atoms with Crippen molar-refractivity contribution in [2.45, 2.75) is 59.3 Å². The lowest BCUT2D eigenvalue weighted by atomic mass is 10.1. The normalized spacial score (nSPS) is 12.3. The zero-order chi connectivity index (χ0) is 26.5. The lowest BCUT2D eigenvalue weighted by molar-refractivity contribution is 0.160. The number of rotatable bonds is 10. The number of hydrogen-bond acceptors (Lipinski definition) is 5. The molecular weight excluding hydrogens is 472 g/mol. The van der Waals surface area contributed by atoms with E-state index in [0.29, 0.717) is 19.6 Å². The molecule has 0 aliphatic heterocycles. The summed E-state index contributed by atoms with van der Waals surface area (Å²) in [4.78, 5) is 18.5. The molecule has 0 spiro atoms. The van der Waals surface area contributed by atoms with E-state index in [2.05, 4.69) is 101 Å². The summed E-state index contributed by atoms with van der Waals surface area (Å²) >= 11 is 0. The van der Waals surface area contributed by atoms with Crippen LogP contribution in [-0.4, -0.2) is 30.1 Å². The number of benzene rings is 3. The summed E-state index contributed by atoms with van der Waals surface area (Å²) in [6, 6.07) is 27.0. The number of fused-ring (bicyclic) bond motifs is 1. The van der Waals surface area contributed by atoms with Crippen LogP contribution in [0.5, 0.6) is 0 Å². The molecular formula is C31H34N6O. The van der Waals surface area contributed by atoms with Gasteiger partial charge in [0.1, 0.15) is 0 Å². The van der Waals surface area contributed by atoms with E-state index in [-0.39, 0.29) is 11.6 Å². The van der Waals surface area contributed by atoms with Gasteiger partial charge in [0, 0.05) is 30.7 Å². The number of aryl methyl sites for hydroxylation is 4. The van der Waals surface area contributed by atoms with E-state index < -0.39 is 0 Å². The van der Waals surface area contributed by atoms with Crippen molar-refractivity contribution in [3.8, 4) is 0 Å². The standard InChI is InChI=1S/C31H34N6O/c1-4-29(30-33-34-35-37(30)17-16-24-8-6-5-7-9-24)36(20-25-13-10-22(2)11-14-25)21-27-19-26-18-23(3)12-15-28(26)32-31(27)38/h5-15,18-19,29H,4,16-17,20-21H2,1-3H3,(H,32,38). The molecule has 1 atom stereocenters. The van der Waals surface area contributed by atoms with E-state index in [1.165, 1.54) is 16.7 Å². The van der Waals surface area contributed by atoms with Gasteiger partial charge in [-0.15, -0.1) is 5.10 Å².